The lowest BCUT2D eigenvalue weighted by Gasteiger charge is -2.06. The Hall–Kier alpha value is -1.69. The lowest BCUT2D eigenvalue weighted by molar-refractivity contribution is 0.623. The molecule has 1 aromatic carbocycles. The molecule has 1 heterocycles. The van der Waals surface area contributed by atoms with Crippen molar-refractivity contribution in [2.75, 3.05) is 11.5 Å². The van der Waals surface area contributed by atoms with Crippen LogP contribution in [0.25, 0.3) is 0 Å². The van der Waals surface area contributed by atoms with E-state index in [0.717, 1.165) is 5.69 Å². The second kappa shape index (κ2) is 5.30. The number of nitrogens with two attached hydrogens (primary N) is 1. The maximum absolute atomic E-state index is 13.1. The average Bonchev–Trinajstić information content (AvgIpc) is 2.75. The van der Waals surface area contributed by atoms with Crippen molar-refractivity contribution in [2.45, 2.75) is 11.3 Å². The fourth-order valence-electron chi connectivity index (χ4n) is 1.66. The molecule has 0 aliphatic carbocycles. The quantitative estimate of drug-likeness (QED) is 0.854. The first kappa shape index (κ1) is 12.8. The van der Waals surface area contributed by atoms with Gasteiger partial charge in [0, 0.05) is 36.8 Å². The summed E-state index contributed by atoms with van der Waals surface area (Å²) in [6.45, 7) is 0. The number of aryl methyl sites for hydroxylation is 2. The van der Waals surface area contributed by atoms with Gasteiger partial charge in [-0.1, -0.05) is 0 Å². The fourth-order valence-corrected chi connectivity index (χ4v) is 2.85. The van der Waals surface area contributed by atoms with E-state index < -0.39 is 16.6 Å². The first-order valence-electron chi connectivity index (χ1n) is 5.48. The summed E-state index contributed by atoms with van der Waals surface area (Å²) in [6.07, 6.45) is 2.30. The first-order valence-corrected chi connectivity index (χ1v) is 6.80. The van der Waals surface area contributed by atoms with Crippen LogP contribution in [0.15, 0.2) is 35.4 Å². The highest BCUT2D eigenvalue weighted by Gasteiger charge is 2.10. The molecule has 2 aromatic rings. The predicted molar refractivity (Wildman–Crippen MR) is 69.0 cm³/mol. The van der Waals surface area contributed by atoms with E-state index in [0.29, 0.717) is 22.8 Å². The van der Waals surface area contributed by atoms with E-state index in [1.54, 1.807) is 10.9 Å². The number of nitrogens with zero attached hydrogens (tertiary/aromatic N) is 2. The van der Waals surface area contributed by atoms with Gasteiger partial charge in [-0.05, 0) is 24.3 Å². The van der Waals surface area contributed by atoms with Gasteiger partial charge in [-0.15, -0.1) is 0 Å². The third kappa shape index (κ3) is 2.76. The molecule has 0 aliphatic heterocycles. The highest BCUT2D eigenvalue weighted by atomic mass is 32.2. The van der Waals surface area contributed by atoms with Crippen LogP contribution in [0.3, 0.4) is 0 Å². The van der Waals surface area contributed by atoms with E-state index in [1.165, 1.54) is 18.2 Å². The van der Waals surface area contributed by atoms with Gasteiger partial charge in [0.05, 0.1) is 15.7 Å². The number of nitrogen functional groups attached to an aromatic ring is 1. The van der Waals surface area contributed by atoms with E-state index in [4.69, 9.17) is 5.73 Å². The number of anilines is 1. The number of hydrogen-bond acceptors (Lipinski definition) is 3. The van der Waals surface area contributed by atoms with E-state index in [1.807, 2.05) is 13.1 Å². The number of halogens is 1. The van der Waals surface area contributed by atoms with Gasteiger partial charge < -0.3 is 5.73 Å². The second-order valence-corrected chi connectivity index (χ2v) is 5.47. The van der Waals surface area contributed by atoms with Crippen molar-refractivity contribution in [3.05, 3.63) is 42.0 Å². The number of benzene rings is 1. The molecule has 0 aliphatic rings. The predicted octanol–water partition coefficient (Wildman–Crippen LogP) is 1.49. The molecule has 1 aromatic heterocycles. The zero-order valence-corrected chi connectivity index (χ0v) is 10.8. The van der Waals surface area contributed by atoms with Crippen molar-refractivity contribution in [1.82, 2.24) is 9.78 Å². The summed E-state index contributed by atoms with van der Waals surface area (Å²) < 4.78 is 26.9. The van der Waals surface area contributed by atoms with Gasteiger partial charge in [0.15, 0.2) is 0 Å². The van der Waals surface area contributed by atoms with Crippen LogP contribution in [0.2, 0.25) is 0 Å². The summed E-state index contributed by atoms with van der Waals surface area (Å²) in [6, 6.07) is 5.80. The molecular weight excluding hydrogens is 253 g/mol. The molecule has 2 N–H and O–H groups in total. The van der Waals surface area contributed by atoms with Crippen LogP contribution in [0.1, 0.15) is 5.69 Å². The molecule has 0 amide bonds. The standard InChI is InChI=1S/C12H14FN3OS/c1-16-10(4-6-15-16)5-7-18(17)12-8-9(13)2-3-11(12)14/h2-4,6,8H,5,7,14H2,1H3. The minimum Gasteiger partial charge on any atom is -0.398 e. The Labute approximate surface area is 107 Å². The van der Waals surface area contributed by atoms with Gasteiger partial charge in [-0.3, -0.25) is 8.89 Å². The molecule has 0 bridgehead atoms. The third-order valence-electron chi connectivity index (χ3n) is 2.69. The topological polar surface area (TPSA) is 60.9 Å². The van der Waals surface area contributed by atoms with Gasteiger partial charge in [0.1, 0.15) is 5.82 Å². The van der Waals surface area contributed by atoms with Crippen LogP contribution < -0.4 is 5.73 Å². The second-order valence-electron chi connectivity index (χ2n) is 3.93. The Balaban J connectivity index is 2.08. The smallest absolute Gasteiger partial charge is 0.124 e. The molecule has 2 rings (SSSR count). The van der Waals surface area contributed by atoms with Crippen molar-refractivity contribution >= 4 is 16.5 Å². The maximum atomic E-state index is 13.1. The lowest BCUT2D eigenvalue weighted by Crippen LogP contribution is -2.07. The molecule has 1 atom stereocenters. The monoisotopic (exact) mass is 267 g/mol. The summed E-state index contributed by atoms with van der Waals surface area (Å²) in [5.41, 5.74) is 7.04. The molecule has 6 heteroatoms. The van der Waals surface area contributed by atoms with Crippen molar-refractivity contribution in [3.63, 3.8) is 0 Å². The molecule has 0 spiro atoms. The van der Waals surface area contributed by atoms with E-state index >= 15 is 0 Å². The summed E-state index contributed by atoms with van der Waals surface area (Å²) in [5.74, 6) is -0.0271. The number of hydrogen-bond donors (Lipinski definition) is 1. The highest BCUT2D eigenvalue weighted by Crippen LogP contribution is 2.18. The van der Waals surface area contributed by atoms with E-state index in [9.17, 15) is 8.60 Å². The van der Waals surface area contributed by atoms with E-state index in [-0.39, 0.29) is 0 Å². The molecule has 0 radical (unpaired) electrons. The zero-order valence-electron chi connectivity index (χ0n) is 9.97. The largest absolute Gasteiger partial charge is 0.398 e. The summed E-state index contributed by atoms with van der Waals surface area (Å²) in [4.78, 5) is 0.358. The Bertz CT molecular complexity index is 582. The Morgan fingerprint density at radius 3 is 2.89 bits per heavy atom. The van der Waals surface area contributed by atoms with Crippen molar-refractivity contribution in [2.24, 2.45) is 7.05 Å². The van der Waals surface area contributed by atoms with Gasteiger partial charge in [-0.25, -0.2) is 4.39 Å². The lowest BCUT2D eigenvalue weighted by atomic mass is 10.3. The SMILES string of the molecule is Cn1nccc1CCS(=O)c1cc(F)ccc1N. The van der Waals surface area contributed by atoms with Crippen LogP contribution in [0, 0.1) is 5.82 Å². The van der Waals surface area contributed by atoms with Crippen LogP contribution in [0.4, 0.5) is 10.1 Å². The van der Waals surface area contributed by atoms with Crippen molar-refractivity contribution in [3.8, 4) is 0 Å². The van der Waals surface area contributed by atoms with Crippen LogP contribution in [-0.2, 0) is 24.3 Å². The zero-order chi connectivity index (χ0) is 13.1. The minimum absolute atomic E-state index is 0.358. The molecule has 96 valence electrons. The molecule has 0 saturated heterocycles. The number of aromatic nitrogens is 2. The van der Waals surface area contributed by atoms with Gasteiger partial charge in [-0.2, -0.15) is 5.10 Å². The van der Waals surface area contributed by atoms with Crippen LogP contribution >= 0.6 is 0 Å². The first-order chi connectivity index (χ1) is 8.58. The molecule has 18 heavy (non-hydrogen) atoms. The van der Waals surface area contributed by atoms with Gasteiger partial charge >= 0.3 is 0 Å². The van der Waals surface area contributed by atoms with Crippen molar-refractivity contribution in [1.29, 1.82) is 0 Å². The Morgan fingerprint density at radius 1 is 1.44 bits per heavy atom. The normalized spacial score (nSPS) is 12.6. The maximum Gasteiger partial charge on any atom is 0.124 e. The summed E-state index contributed by atoms with van der Waals surface area (Å²) in [5, 5.41) is 4.03. The van der Waals surface area contributed by atoms with Crippen molar-refractivity contribution < 1.29 is 8.60 Å². The Morgan fingerprint density at radius 2 is 2.22 bits per heavy atom. The molecule has 0 fully saturated rings. The molecule has 4 nitrogen and oxygen atoms in total. The summed E-state index contributed by atoms with van der Waals surface area (Å²) in [7, 11) is 0.524. The van der Waals surface area contributed by atoms with Crippen LogP contribution in [-0.4, -0.2) is 19.7 Å². The highest BCUT2D eigenvalue weighted by molar-refractivity contribution is 7.85. The van der Waals surface area contributed by atoms with Crippen LogP contribution in [0.5, 0.6) is 0 Å². The Kier molecular flexibility index (Phi) is 3.76. The average molecular weight is 267 g/mol. The van der Waals surface area contributed by atoms with Gasteiger partial charge in [0.25, 0.3) is 0 Å². The van der Waals surface area contributed by atoms with E-state index in [2.05, 4.69) is 5.10 Å². The fraction of sp³-hybridized carbons (Fsp3) is 0.250. The summed E-state index contributed by atoms with van der Waals surface area (Å²) >= 11 is 0. The molecular formula is C12H14FN3OS. The molecule has 1 unspecified atom stereocenters. The van der Waals surface area contributed by atoms with Gasteiger partial charge in [0.2, 0.25) is 0 Å². The minimum atomic E-state index is -1.30. The number of rotatable bonds is 4. The molecule has 0 saturated carbocycles. The third-order valence-corrected chi connectivity index (χ3v) is 4.11.